The molecule has 1 heterocycles. The lowest BCUT2D eigenvalue weighted by Gasteiger charge is -2.27. The van der Waals surface area contributed by atoms with Gasteiger partial charge in [-0.2, -0.15) is 0 Å². The first-order chi connectivity index (χ1) is 7.78. The molecule has 16 heavy (non-hydrogen) atoms. The van der Waals surface area contributed by atoms with Gasteiger partial charge in [0.05, 0.1) is 0 Å². The summed E-state index contributed by atoms with van der Waals surface area (Å²) < 4.78 is 0. The van der Waals surface area contributed by atoms with Crippen LogP contribution in [0.4, 0.5) is 5.82 Å². The molecule has 0 saturated heterocycles. The van der Waals surface area contributed by atoms with Crippen LogP contribution in [0.3, 0.4) is 0 Å². The minimum absolute atomic E-state index is 0.610. The van der Waals surface area contributed by atoms with E-state index in [0.717, 1.165) is 11.2 Å². The van der Waals surface area contributed by atoms with Crippen LogP contribution in [0.5, 0.6) is 0 Å². The standard InChI is InChI=1S/C13H20N2S/c1-2-10-3-5-11(6-4-10)16-12-7-8-13(14)15-9-12/h7-11H,2-6H2,1H3,(H2,14,15). The van der Waals surface area contributed by atoms with Crippen LogP contribution in [0.2, 0.25) is 0 Å². The van der Waals surface area contributed by atoms with Crippen LogP contribution >= 0.6 is 11.8 Å². The highest BCUT2D eigenvalue weighted by Gasteiger charge is 2.20. The van der Waals surface area contributed by atoms with Crippen LogP contribution in [0.15, 0.2) is 23.2 Å². The van der Waals surface area contributed by atoms with Gasteiger partial charge in [0.1, 0.15) is 5.82 Å². The van der Waals surface area contributed by atoms with Gasteiger partial charge in [-0.25, -0.2) is 4.98 Å². The van der Waals surface area contributed by atoms with Gasteiger partial charge < -0.3 is 5.73 Å². The van der Waals surface area contributed by atoms with E-state index in [1.807, 2.05) is 24.0 Å². The Balaban J connectivity index is 1.84. The van der Waals surface area contributed by atoms with E-state index in [4.69, 9.17) is 5.73 Å². The highest BCUT2D eigenvalue weighted by atomic mass is 32.2. The van der Waals surface area contributed by atoms with Gasteiger partial charge in [-0.15, -0.1) is 11.8 Å². The quantitative estimate of drug-likeness (QED) is 0.869. The second kappa shape index (κ2) is 5.58. The smallest absolute Gasteiger partial charge is 0.123 e. The first kappa shape index (κ1) is 11.8. The number of hydrogen-bond donors (Lipinski definition) is 1. The largest absolute Gasteiger partial charge is 0.384 e. The maximum Gasteiger partial charge on any atom is 0.123 e. The fraction of sp³-hybridized carbons (Fsp3) is 0.615. The van der Waals surface area contributed by atoms with Gasteiger partial charge in [0, 0.05) is 16.3 Å². The number of nitrogens with zero attached hydrogens (tertiary/aromatic N) is 1. The summed E-state index contributed by atoms with van der Waals surface area (Å²) in [5, 5.41) is 0.785. The van der Waals surface area contributed by atoms with Gasteiger partial charge in [-0.1, -0.05) is 13.3 Å². The van der Waals surface area contributed by atoms with Gasteiger partial charge in [0.15, 0.2) is 0 Å². The lowest BCUT2D eigenvalue weighted by atomic mass is 9.87. The number of hydrogen-bond acceptors (Lipinski definition) is 3. The van der Waals surface area contributed by atoms with Gasteiger partial charge in [0.25, 0.3) is 0 Å². The number of nitrogens with two attached hydrogens (primary N) is 1. The highest BCUT2D eigenvalue weighted by molar-refractivity contribution is 8.00. The fourth-order valence-corrected chi connectivity index (χ4v) is 3.46. The third-order valence-electron chi connectivity index (χ3n) is 3.43. The molecule has 1 saturated carbocycles. The third-order valence-corrected chi connectivity index (χ3v) is 4.75. The zero-order chi connectivity index (χ0) is 11.4. The summed E-state index contributed by atoms with van der Waals surface area (Å²) in [5.74, 6) is 1.58. The Hall–Kier alpha value is -0.700. The Kier molecular flexibility index (Phi) is 4.10. The Morgan fingerprint density at radius 1 is 1.31 bits per heavy atom. The van der Waals surface area contributed by atoms with Crippen LogP contribution in [0.25, 0.3) is 0 Å². The SMILES string of the molecule is CCC1CCC(Sc2ccc(N)nc2)CC1. The highest BCUT2D eigenvalue weighted by Crippen LogP contribution is 2.36. The predicted octanol–water partition coefficient (Wildman–Crippen LogP) is 3.72. The van der Waals surface area contributed by atoms with Crippen LogP contribution in [-0.4, -0.2) is 10.2 Å². The van der Waals surface area contributed by atoms with Crippen LogP contribution in [-0.2, 0) is 0 Å². The summed E-state index contributed by atoms with van der Waals surface area (Å²) in [4.78, 5) is 5.39. The average Bonchev–Trinajstić information content (AvgIpc) is 2.33. The maximum atomic E-state index is 5.58. The lowest BCUT2D eigenvalue weighted by molar-refractivity contribution is 0.356. The average molecular weight is 236 g/mol. The molecule has 3 heteroatoms. The summed E-state index contributed by atoms with van der Waals surface area (Å²) in [7, 11) is 0. The maximum absolute atomic E-state index is 5.58. The molecule has 0 aromatic carbocycles. The van der Waals surface area contributed by atoms with Crippen molar-refractivity contribution in [2.45, 2.75) is 49.2 Å². The van der Waals surface area contributed by atoms with Crippen molar-refractivity contribution in [3.05, 3.63) is 18.3 Å². The molecule has 0 bridgehead atoms. The van der Waals surface area contributed by atoms with E-state index in [1.54, 1.807) is 0 Å². The summed E-state index contributed by atoms with van der Waals surface area (Å²) in [6.45, 7) is 2.31. The van der Waals surface area contributed by atoms with E-state index >= 15 is 0 Å². The number of pyridine rings is 1. The molecular formula is C13H20N2S. The van der Waals surface area contributed by atoms with Gasteiger partial charge in [0.2, 0.25) is 0 Å². The molecule has 2 N–H and O–H groups in total. The Morgan fingerprint density at radius 3 is 2.62 bits per heavy atom. The lowest BCUT2D eigenvalue weighted by Crippen LogP contribution is -2.15. The molecule has 0 atom stereocenters. The van der Waals surface area contributed by atoms with Gasteiger partial charge >= 0.3 is 0 Å². The van der Waals surface area contributed by atoms with E-state index in [1.165, 1.54) is 37.0 Å². The first-order valence-corrected chi connectivity index (χ1v) is 7.04. The molecule has 0 spiro atoms. The fourth-order valence-electron chi connectivity index (χ4n) is 2.31. The minimum Gasteiger partial charge on any atom is -0.384 e. The first-order valence-electron chi connectivity index (χ1n) is 6.16. The van der Waals surface area contributed by atoms with E-state index in [0.29, 0.717) is 5.82 Å². The number of aromatic nitrogens is 1. The molecular weight excluding hydrogens is 216 g/mol. The number of rotatable bonds is 3. The van der Waals surface area contributed by atoms with E-state index in [-0.39, 0.29) is 0 Å². The van der Waals surface area contributed by atoms with Gasteiger partial charge in [-0.05, 0) is 43.7 Å². The second-order valence-electron chi connectivity index (χ2n) is 4.59. The van der Waals surface area contributed by atoms with E-state index < -0.39 is 0 Å². The summed E-state index contributed by atoms with van der Waals surface area (Å²) >= 11 is 1.97. The summed E-state index contributed by atoms with van der Waals surface area (Å²) in [5.41, 5.74) is 5.58. The Morgan fingerprint density at radius 2 is 2.06 bits per heavy atom. The van der Waals surface area contributed by atoms with Crippen LogP contribution < -0.4 is 5.73 Å². The monoisotopic (exact) mass is 236 g/mol. The third kappa shape index (κ3) is 3.14. The number of thioether (sulfide) groups is 1. The molecule has 1 aromatic heterocycles. The molecule has 1 fully saturated rings. The Labute approximate surface area is 102 Å². The van der Waals surface area contributed by atoms with E-state index in [2.05, 4.69) is 18.0 Å². The van der Waals surface area contributed by atoms with Crippen molar-refractivity contribution < 1.29 is 0 Å². The van der Waals surface area contributed by atoms with Crippen LogP contribution in [0.1, 0.15) is 39.0 Å². The molecule has 0 aliphatic heterocycles. The number of nitrogen functional groups attached to an aromatic ring is 1. The molecule has 88 valence electrons. The van der Waals surface area contributed by atoms with Crippen molar-refractivity contribution in [1.82, 2.24) is 4.98 Å². The van der Waals surface area contributed by atoms with Crippen LogP contribution in [0, 0.1) is 5.92 Å². The van der Waals surface area contributed by atoms with Gasteiger partial charge in [-0.3, -0.25) is 0 Å². The zero-order valence-corrected chi connectivity index (χ0v) is 10.7. The van der Waals surface area contributed by atoms with Crippen molar-refractivity contribution in [3.8, 4) is 0 Å². The number of anilines is 1. The van der Waals surface area contributed by atoms with E-state index in [9.17, 15) is 0 Å². The zero-order valence-electron chi connectivity index (χ0n) is 9.86. The molecule has 0 amide bonds. The van der Waals surface area contributed by atoms with Crippen molar-refractivity contribution >= 4 is 17.6 Å². The topological polar surface area (TPSA) is 38.9 Å². The molecule has 1 aliphatic rings. The summed E-state index contributed by atoms with van der Waals surface area (Å²) in [6.07, 6.45) is 8.75. The normalized spacial score (nSPS) is 25.6. The van der Waals surface area contributed by atoms with Crippen molar-refractivity contribution in [2.24, 2.45) is 5.92 Å². The van der Waals surface area contributed by atoms with Crippen molar-refractivity contribution in [1.29, 1.82) is 0 Å². The van der Waals surface area contributed by atoms with Crippen molar-refractivity contribution in [3.63, 3.8) is 0 Å². The molecule has 0 unspecified atom stereocenters. The molecule has 2 nitrogen and oxygen atoms in total. The van der Waals surface area contributed by atoms with Crippen molar-refractivity contribution in [2.75, 3.05) is 5.73 Å². The predicted molar refractivity (Wildman–Crippen MR) is 70.5 cm³/mol. The molecule has 2 rings (SSSR count). The molecule has 1 aromatic rings. The Bertz CT molecular complexity index is 315. The second-order valence-corrected chi connectivity index (χ2v) is 5.96. The summed E-state index contributed by atoms with van der Waals surface area (Å²) in [6, 6.07) is 3.97. The molecule has 0 radical (unpaired) electrons. The minimum atomic E-state index is 0.610. The molecule has 1 aliphatic carbocycles.